The predicted octanol–water partition coefficient (Wildman–Crippen LogP) is 4.57. The number of rotatable bonds is 4. The molecule has 1 aromatic carbocycles. The molecule has 3 aromatic rings. The molecule has 1 aliphatic heterocycles. The van der Waals surface area contributed by atoms with Gasteiger partial charge in [0.05, 0.1) is 11.5 Å². The summed E-state index contributed by atoms with van der Waals surface area (Å²) in [6, 6.07) is 6.58. The van der Waals surface area contributed by atoms with Crippen molar-refractivity contribution in [1.29, 1.82) is 0 Å². The summed E-state index contributed by atoms with van der Waals surface area (Å²) in [5, 5.41) is 6.79. The SMILES string of the molecule is Cc1ccc(-c2csc3ncnc(NCC4CCCO4)c23)c(C)c1. The molecule has 1 unspecified atom stereocenters. The largest absolute Gasteiger partial charge is 0.376 e. The lowest BCUT2D eigenvalue weighted by molar-refractivity contribution is 0.120. The number of thiophene rings is 1. The second-order valence-electron chi connectivity index (χ2n) is 6.39. The number of ether oxygens (including phenoxy) is 1. The van der Waals surface area contributed by atoms with E-state index in [0.717, 1.165) is 42.0 Å². The molecule has 124 valence electrons. The van der Waals surface area contributed by atoms with E-state index in [-0.39, 0.29) is 0 Å². The Morgan fingerprint density at radius 3 is 2.96 bits per heavy atom. The summed E-state index contributed by atoms with van der Waals surface area (Å²) >= 11 is 1.67. The number of anilines is 1. The quantitative estimate of drug-likeness (QED) is 0.756. The standard InChI is InChI=1S/C19H21N3OS/c1-12-5-6-15(13(2)8-12)16-10-24-19-17(16)18(21-11-22-19)20-9-14-4-3-7-23-14/h5-6,8,10-11,14H,3-4,7,9H2,1-2H3,(H,20,21,22). The zero-order valence-electron chi connectivity index (χ0n) is 14.0. The van der Waals surface area contributed by atoms with E-state index in [0.29, 0.717) is 6.10 Å². The number of hydrogen-bond donors (Lipinski definition) is 1. The van der Waals surface area contributed by atoms with Crippen LogP contribution in [0.1, 0.15) is 24.0 Å². The fourth-order valence-electron chi connectivity index (χ4n) is 3.34. The molecule has 0 amide bonds. The summed E-state index contributed by atoms with van der Waals surface area (Å²) in [5.74, 6) is 0.909. The third-order valence-electron chi connectivity index (χ3n) is 4.56. The van der Waals surface area contributed by atoms with Crippen molar-refractivity contribution < 1.29 is 4.74 Å². The van der Waals surface area contributed by atoms with Gasteiger partial charge in [-0.15, -0.1) is 11.3 Å². The van der Waals surface area contributed by atoms with Crippen LogP contribution in [-0.2, 0) is 4.74 Å². The molecule has 1 fully saturated rings. The average molecular weight is 339 g/mol. The normalized spacial score (nSPS) is 17.5. The third-order valence-corrected chi connectivity index (χ3v) is 5.45. The zero-order chi connectivity index (χ0) is 16.5. The van der Waals surface area contributed by atoms with Crippen LogP contribution in [0.25, 0.3) is 21.3 Å². The van der Waals surface area contributed by atoms with Gasteiger partial charge in [0, 0.05) is 24.1 Å². The Morgan fingerprint density at radius 2 is 2.17 bits per heavy atom. The molecule has 0 aliphatic carbocycles. The van der Waals surface area contributed by atoms with Crippen molar-refractivity contribution in [1.82, 2.24) is 9.97 Å². The molecule has 0 saturated carbocycles. The zero-order valence-corrected chi connectivity index (χ0v) is 14.8. The Bertz CT molecular complexity index is 868. The van der Waals surface area contributed by atoms with Crippen LogP contribution in [0, 0.1) is 13.8 Å². The van der Waals surface area contributed by atoms with Gasteiger partial charge in [-0.25, -0.2) is 9.97 Å². The first-order valence-electron chi connectivity index (χ1n) is 8.37. The Hall–Kier alpha value is -1.98. The molecule has 1 saturated heterocycles. The lowest BCUT2D eigenvalue weighted by atomic mass is 9.99. The predicted molar refractivity (Wildman–Crippen MR) is 99.8 cm³/mol. The van der Waals surface area contributed by atoms with Crippen molar-refractivity contribution in [2.75, 3.05) is 18.5 Å². The molecule has 4 rings (SSSR count). The second kappa shape index (κ2) is 6.49. The van der Waals surface area contributed by atoms with Gasteiger partial charge in [0.25, 0.3) is 0 Å². The number of nitrogens with one attached hydrogen (secondary N) is 1. The van der Waals surface area contributed by atoms with E-state index in [1.165, 1.54) is 22.3 Å². The Kier molecular flexibility index (Phi) is 4.21. The maximum absolute atomic E-state index is 5.71. The summed E-state index contributed by atoms with van der Waals surface area (Å²) in [6.45, 7) is 5.96. The highest BCUT2D eigenvalue weighted by molar-refractivity contribution is 7.17. The fourth-order valence-corrected chi connectivity index (χ4v) is 4.25. The van der Waals surface area contributed by atoms with Crippen molar-refractivity contribution in [3.8, 4) is 11.1 Å². The molecule has 1 atom stereocenters. The van der Waals surface area contributed by atoms with Gasteiger partial charge in [0.15, 0.2) is 0 Å². The lowest BCUT2D eigenvalue weighted by Crippen LogP contribution is -2.19. The van der Waals surface area contributed by atoms with E-state index in [9.17, 15) is 0 Å². The first kappa shape index (κ1) is 15.5. The summed E-state index contributed by atoms with van der Waals surface area (Å²) in [5.41, 5.74) is 5.03. The van der Waals surface area contributed by atoms with Gasteiger partial charge in [-0.2, -0.15) is 0 Å². The first-order chi connectivity index (χ1) is 11.7. The van der Waals surface area contributed by atoms with E-state index in [1.54, 1.807) is 17.7 Å². The minimum atomic E-state index is 0.290. The highest BCUT2D eigenvalue weighted by atomic mass is 32.1. The van der Waals surface area contributed by atoms with Crippen LogP contribution >= 0.6 is 11.3 Å². The molecule has 3 heterocycles. The van der Waals surface area contributed by atoms with Crippen LogP contribution in [0.2, 0.25) is 0 Å². The minimum absolute atomic E-state index is 0.290. The molecule has 1 aliphatic rings. The second-order valence-corrected chi connectivity index (χ2v) is 7.24. The molecule has 4 nitrogen and oxygen atoms in total. The molecule has 0 radical (unpaired) electrons. The van der Waals surface area contributed by atoms with Crippen LogP contribution in [0.5, 0.6) is 0 Å². The third kappa shape index (κ3) is 2.89. The minimum Gasteiger partial charge on any atom is -0.376 e. The smallest absolute Gasteiger partial charge is 0.138 e. The van der Waals surface area contributed by atoms with Gasteiger partial charge in [0.1, 0.15) is 17.0 Å². The Balaban J connectivity index is 1.73. The highest BCUT2D eigenvalue weighted by Gasteiger charge is 2.18. The monoisotopic (exact) mass is 339 g/mol. The van der Waals surface area contributed by atoms with E-state index < -0.39 is 0 Å². The number of aryl methyl sites for hydroxylation is 2. The van der Waals surface area contributed by atoms with E-state index >= 15 is 0 Å². The van der Waals surface area contributed by atoms with Crippen LogP contribution in [0.4, 0.5) is 5.82 Å². The van der Waals surface area contributed by atoms with Crippen molar-refractivity contribution in [2.45, 2.75) is 32.8 Å². The molecule has 5 heteroatoms. The molecule has 2 aromatic heterocycles. The Labute approximate surface area is 145 Å². The topological polar surface area (TPSA) is 47.0 Å². The maximum atomic E-state index is 5.71. The first-order valence-corrected chi connectivity index (χ1v) is 9.25. The summed E-state index contributed by atoms with van der Waals surface area (Å²) in [7, 11) is 0. The molecule has 1 N–H and O–H groups in total. The summed E-state index contributed by atoms with van der Waals surface area (Å²) < 4.78 is 5.71. The maximum Gasteiger partial charge on any atom is 0.138 e. The van der Waals surface area contributed by atoms with E-state index in [2.05, 4.69) is 52.7 Å². The fraction of sp³-hybridized carbons (Fsp3) is 0.368. The number of hydrogen-bond acceptors (Lipinski definition) is 5. The van der Waals surface area contributed by atoms with Crippen molar-refractivity contribution in [3.63, 3.8) is 0 Å². The van der Waals surface area contributed by atoms with Crippen LogP contribution < -0.4 is 5.32 Å². The highest BCUT2D eigenvalue weighted by Crippen LogP contribution is 2.38. The van der Waals surface area contributed by atoms with Crippen LogP contribution in [0.3, 0.4) is 0 Å². The Morgan fingerprint density at radius 1 is 1.25 bits per heavy atom. The molecular formula is C19H21N3OS. The van der Waals surface area contributed by atoms with Gasteiger partial charge < -0.3 is 10.1 Å². The van der Waals surface area contributed by atoms with Gasteiger partial charge in [-0.1, -0.05) is 23.8 Å². The molecule has 0 spiro atoms. The number of aromatic nitrogens is 2. The molecule has 0 bridgehead atoms. The molecule has 24 heavy (non-hydrogen) atoms. The van der Waals surface area contributed by atoms with Gasteiger partial charge >= 0.3 is 0 Å². The van der Waals surface area contributed by atoms with Gasteiger partial charge in [0.2, 0.25) is 0 Å². The van der Waals surface area contributed by atoms with Crippen molar-refractivity contribution >= 4 is 27.4 Å². The van der Waals surface area contributed by atoms with Crippen LogP contribution in [-0.4, -0.2) is 29.2 Å². The van der Waals surface area contributed by atoms with Crippen molar-refractivity contribution in [2.24, 2.45) is 0 Å². The number of nitrogens with zero attached hydrogens (tertiary/aromatic N) is 2. The summed E-state index contributed by atoms with van der Waals surface area (Å²) in [4.78, 5) is 9.98. The van der Waals surface area contributed by atoms with Gasteiger partial charge in [-0.05, 0) is 37.8 Å². The number of fused-ring (bicyclic) bond motifs is 1. The van der Waals surface area contributed by atoms with Gasteiger partial charge in [-0.3, -0.25) is 0 Å². The van der Waals surface area contributed by atoms with Crippen molar-refractivity contribution in [3.05, 3.63) is 41.0 Å². The lowest BCUT2D eigenvalue weighted by Gasteiger charge is -2.13. The number of benzene rings is 1. The van der Waals surface area contributed by atoms with Crippen LogP contribution in [0.15, 0.2) is 29.9 Å². The average Bonchev–Trinajstić information content (AvgIpc) is 3.22. The summed E-state index contributed by atoms with van der Waals surface area (Å²) in [6.07, 6.45) is 4.20. The van der Waals surface area contributed by atoms with E-state index in [4.69, 9.17) is 4.74 Å². The van der Waals surface area contributed by atoms with E-state index in [1.807, 2.05) is 0 Å². The molecular weight excluding hydrogens is 318 g/mol.